The standard InChI is InChI=1S/C20H35N5O2.HI/c1-4-21-20(24-15-18-7-5-10-22-19(18)25(2)3)23-11-6-12-27-16-17-8-13-26-14-9-17;/h5,7,10,17H,4,6,8-9,11-16H2,1-3H3,(H2,21,23,24);1H. The second-order valence-corrected chi connectivity index (χ2v) is 6.99. The molecule has 1 aliphatic rings. The average molecular weight is 505 g/mol. The Morgan fingerprint density at radius 2 is 2.11 bits per heavy atom. The van der Waals surface area contributed by atoms with Crippen molar-refractivity contribution in [3.05, 3.63) is 23.9 Å². The van der Waals surface area contributed by atoms with Crippen molar-refractivity contribution in [2.24, 2.45) is 10.9 Å². The second kappa shape index (κ2) is 14.8. The van der Waals surface area contributed by atoms with Crippen LogP contribution in [0.25, 0.3) is 0 Å². The Kier molecular flexibility index (Phi) is 13.2. The van der Waals surface area contributed by atoms with Gasteiger partial charge in [0.05, 0.1) is 6.54 Å². The molecular weight excluding hydrogens is 469 g/mol. The fourth-order valence-corrected chi connectivity index (χ4v) is 3.01. The highest BCUT2D eigenvalue weighted by atomic mass is 127. The van der Waals surface area contributed by atoms with Gasteiger partial charge in [0.2, 0.25) is 0 Å². The molecule has 0 spiro atoms. The molecule has 0 aliphatic carbocycles. The number of hydrogen-bond acceptors (Lipinski definition) is 5. The van der Waals surface area contributed by atoms with Crippen LogP contribution in [-0.2, 0) is 16.0 Å². The second-order valence-electron chi connectivity index (χ2n) is 6.99. The van der Waals surface area contributed by atoms with E-state index < -0.39 is 0 Å². The van der Waals surface area contributed by atoms with Gasteiger partial charge in [-0.05, 0) is 38.2 Å². The van der Waals surface area contributed by atoms with Crippen LogP contribution < -0.4 is 15.5 Å². The lowest BCUT2D eigenvalue weighted by molar-refractivity contribution is 0.0203. The number of nitrogens with one attached hydrogen (secondary N) is 2. The van der Waals surface area contributed by atoms with E-state index in [9.17, 15) is 0 Å². The Bertz CT molecular complexity index is 565. The van der Waals surface area contributed by atoms with E-state index in [0.717, 1.165) is 76.1 Å². The molecule has 8 heteroatoms. The fourth-order valence-electron chi connectivity index (χ4n) is 3.01. The van der Waals surface area contributed by atoms with Gasteiger partial charge in [-0.25, -0.2) is 9.98 Å². The van der Waals surface area contributed by atoms with Gasteiger partial charge in [0, 0.05) is 65.4 Å². The van der Waals surface area contributed by atoms with E-state index in [1.165, 1.54) is 0 Å². The highest BCUT2D eigenvalue weighted by Gasteiger charge is 2.13. The first-order valence-electron chi connectivity index (χ1n) is 9.99. The lowest BCUT2D eigenvalue weighted by Crippen LogP contribution is -2.38. The Hall–Kier alpha value is -1.13. The number of hydrogen-bond donors (Lipinski definition) is 2. The number of ether oxygens (including phenoxy) is 2. The van der Waals surface area contributed by atoms with E-state index in [2.05, 4.69) is 28.6 Å². The summed E-state index contributed by atoms with van der Waals surface area (Å²) in [6, 6.07) is 4.02. The molecule has 160 valence electrons. The molecule has 0 radical (unpaired) electrons. The normalized spacial score (nSPS) is 15.0. The number of aliphatic imine (C=N–C) groups is 1. The van der Waals surface area contributed by atoms with Gasteiger partial charge in [0.1, 0.15) is 5.82 Å². The van der Waals surface area contributed by atoms with Gasteiger partial charge in [-0.3, -0.25) is 0 Å². The van der Waals surface area contributed by atoms with E-state index in [1.807, 2.05) is 31.3 Å². The highest BCUT2D eigenvalue weighted by molar-refractivity contribution is 14.0. The monoisotopic (exact) mass is 505 g/mol. The predicted molar refractivity (Wildman–Crippen MR) is 126 cm³/mol. The summed E-state index contributed by atoms with van der Waals surface area (Å²) >= 11 is 0. The first-order chi connectivity index (χ1) is 13.2. The number of anilines is 1. The zero-order chi connectivity index (χ0) is 19.3. The molecule has 2 N–H and O–H groups in total. The molecule has 1 aromatic heterocycles. The maximum Gasteiger partial charge on any atom is 0.191 e. The molecule has 2 rings (SSSR count). The maximum atomic E-state index is 5.82. The summed E-state index contributed by atoms with van der Waals surface area (Å²) in [5.74, 6) is 2.45. The highest BCUT2D eigenvalue weighted by Crippen LogP contribution is 2.15. The van der Waals surface area contributed by atoms with Crippen molar-refractivity contribution in [2.75, 3.05) is 58.5 Å². The van der Waals surface area contributed by atoms with Crippen molar-refractivity contribution in [1.82, 2.24) is 15.6 Å². The topological polar surface area (TPSA) is 71.0 Å². The number of guanidine groups is 1. The van der Waals surface area contributed by atoms with Crippen molar-refractivity contribution in [2.45, 2.75) is 32.7 Å². The summed E-state index contributed by atoms with van der Waals surface area (Å²) in [6.07, 6.45) is 5.02. The predicted octanol–water partition coefficient (Wildman–Crippen LogP) is 2.65. The van der Waals surface area contributed by atoms with Crippen molar-refractivity contribution in [3.8, 4) is 0 Å². The molecule has 2 heterocycles. The van der Waals surface area contributed by atoms with Gasteiger partial charge in [-0.15, -0.1) is 24.0 Å². The summed E-state index contributed by atoms with van der Waals surface area (Å²) < 4.78 is 11.2. The first-order valence-corrected chi connectivity index (χ1v) is 9.99. The maximum absolute atomic E-state index is 5.82. The Balaban J connectivity index is 0.00000392. The summed E-state index contributed by atoms with van der Waals surface area (Å²) in [7, 11) is 4.00. The average Bonchev–Trinajstić information content (AvgIpc) is 2.69. The molecule has 1 fully saturated rings. The van der Waals surface area contributed by atoms with Crippen LogP contribution in [0.2, 0.25) is 0 Å². The summed E-state index contributed by atoms with van der Waals surface area (Å²) in [4.78, 5) is 11.1. The third-order valence-electron chi connectivity index (χ3n) is 4.50. The number of pyridine rings is 1. The van der Waals surface area contributed by atoms with Gasteiger partial charge < -0.3 is 25.0 Å². The molecule has 7 nitrogen and oxygen atoms in total. The molecule has 1 saturated heterocycles. The lowest BCUT2D eigenvalue weighted by atomic mass is 10.0. The molecule has 0 amide bonds. The zero-order valence-electron chi connectivity index (χ0n) is 17.4. The summed E-state index contributed by atoms with van der Waals surface area (Å²) in [6.45, 7) is 7.73. The smallest absolute Gasteiger partial charge is 0.191 e. The third-order valence-corrected chi connectivity index (χ3v) is 4.50. The van der Waals surface area contributed by atoms with Gasteiger partial charge in [-0.2, -0.15) is 0 Å². The molecule has 0 bridgehead atoms. The number of halogens is 1. The molecule has 0 saturated carbocycles. The van der Waals surface area contributed by atoms with Crippen molar-refractivity contribution < 1.29 is 9.47 Å². The van der Waals surface area contributed by atoms with Crippen LogP contribution in [-0.4, -0.2) is 64.6 Å². The summed E-state index contributed by atoms with van der Waals surface area (Å²) in [5.41, 5.74) is 1.11. The van der Waals surface area contributed by atoms with Gasteiger partial charge in [0.25, 0.3) is 0 Å². The van der Waals surface area contributed by atoms with E-state index in [0.29, 0.717) is 12.5 Å². The molecule has 0 unspecified atom stereocenters. The number of aromatic nitrogens is 1. The zero-order valence-corrected chi connectivity index (χ0v) is 19.8. The van der Waals surface area contributed by atoms with Crippen LogP contribution in [0.4, 0.5) is 5.82 Å². The van der Waals surface area contributed by atoms with Gasteiger partial charge >= 0.3 is 0 Å². The minimum absolute atomic E-state index is 0. The van der Waals surface area contributed by atoms with Crippen molar-refractivity contribution in [3.63, 3.8) is 0 Å². The minimum atomic E-state index is 0. The first kappa shape index (κ1) is 24.9. The van der Waals surface area contributed by atoms with Crippen LogP contribution in [0.5, 0.6) is 0 Å². The Labute approximate surface area is 186 Å². The van der Waals surface area contributed by atoms with E-state index in [-0.39, 0.29) is 24.0 Å². The molecule has 0 atom stereocenters. The lowest BCUT2D eigenvalue weighted by Gasteiger charge is -2.21. The third kappa shape index (κ3) is 9.38. The van der Waals surface area contributed by atoms with E-state index in [1.54, 1.807) is 0 Å². The molecule has 1 aliphatic heterocycles. The fraction of sp³-hybridized carbons (Fsp3) is 0.700. The van der Waals surface area contributed by atoms with E-state index >= 15 is 0 Å². The van der Waals surface area contributed by atoms with Crippen LogP contribution in [0, 0.1) is 5.92 Å². The molecule has 1 aromatic rings. The van der Waals surface area contributed by atoms with E-state index in [4.69, 9.17) is 14.5 Å². The number of rotatable bonds is 10. The largest absolute Gasteiger partial charge is 0.381 e. The van der Waals surface area contributed by atoms with Crippen LogP contribution in [0.3, 0.4) is 0 Å². The van der Waals surface area contributed by atoms with Crippen molar-refractivity contribution >= 4 is 35.8 Å². The Morgan fingerprint density at radius 3 is 2.82 bits per heavy atom. The molecule has 28 heavy (non-hydrogen) atoms. The molecular formula is C20H36IN5O2. The Morgan fingerprint density at radius 1 is 1.32 bits per heavy atom. The number of nitrogens with zero attached hydrogens (tertiary/aromatic N) is 3. The minimum Gasteiger partial charge on any atom is -0.381 e. The van der Waals surface area contributed by atoms with Crippen LogP contribution in [0.1, 0.15) is 31.7 Å². The van der Waals surface area contributed by atoms with Crippen LogP contribution in [0.15, 0.2) is 23.3 Å². The summed E-state index contributed by atoms with van der Waals surface area (Å²) in [5, 5.41) is 6.68. The van der Waals surface area contributed by atoms with Crippen LogP contribution >= 0.6 is 24.0 Å². The molecule has 0 aromatic carbocycles. The SMILES string of the molecule is CCNC(=NCc1cccnc1N(C)C)NCCCOCC1CCOCC1.I. The van der Waals surface area contributed by atoms with Crippen molar-refractivity contribution in [1.29, 1.82) is 0 Å². The van der Waals surface area contributed by atoms with Gasteiger partial charge in [-0.1, -0.05) is 6.07 Å². The quantitative estimate of drug-likeness (QED) is 0.221. The van der Waals surface area contributed by atoms with Gasteiger partial charge in [0.15, 0.2) is 5.96 Å².